The van der Waals surface area contributed by atoms with E-state index in [1.807, 2.05) is 44.7 Å². The average molecular weight is 179 g/mol. The van der Waals surface area contributed by atoms with Gasteiger partial charge in [0.05, 0.1) is 6.42 Å². The number of carbonyl (C=O) groups is 1. The number of likely N-dealkylation sites (tertiary alicyclic amines) is 1. The van der Waals surface area contributed by atoms with Gasteiger partial charge in [-0.2, -0.15) is 0 Å². The number of amides is 1. The predicted octanol–water partition coefficient (Wildman–Crippen LogP) is 2.48. The second-order valence-electron chi connectivity index (χ2n) is 3.52. The van der Waals surface area contributed by atoms with E-state index in [0.717, 1.165) is 11.3 Å². The minimum atomic E-state index is 0.219. The Morgan fingerprint density at radius 2 is 1.92 bits per heavy atom. The summed E-state index contributed by atoms with van der Waals surface area (Å²) in [5.41, 5.74) is 2.24. The van der Waals surface area contributed by atoms with Crippen molar-refractivity contribution in [1.82, 2.24) is 4.90 Å². The van der Waals surface area contributed by atoms with Crippen LogP contribution in [-0.2, 0) is 4.79 Å². The van der Waals surface area contributed by atoms with Crippen LogP contribution in [0.4, 0.5) is 0 Å². The Hall–Kier alpha value is -1.05. The second kappa shape index (κ2) is 3.77. The molecule has 0 aromatic rings. The van der Waals surface area contributed by atoms with Crippen LogP contribution in [0.3, 0.4) is 0 Å². The normalized spacial score (nSPS) is 24.1. The van der Waals surface area contributed by atoms with Gasteiger partial charge in [0.15, 0.2) is 0 Å². The summed E-state index contributed by atoms with van der Waals surface area (Å²) in [6.45, 7) is 8.04. The van der Waals surface area contributed by atoms with E-state index in [0.29, 0.717) is 6.42 Å². The molecule has 1 fully saturated rings. The molecule has 1 heterocycles. The molecule has 0 bridgehead atoms. The Morgan fingerprint density at radius 3 is 2.31 bits per heavy atom. The van der Waals surface area contributed by atoms with E-state index >= 15 is 0 Å². The van der Waals surface area contributed by atoms with Crippen molar-refractivity contribution in [2.45, 2.75) is 40.2 Å². The van der Waals surface area contributed by atoms with E-state index < -0.39 is 0 Å². The second-order valence-corrected chi connectivity index (χ2v) is 3.52. The van der Waals surface area contributed by atoms with Crippen molar-refractivity contribution in [2.24, 2.45) is 0 Å². The number of rotatable bonds is 1. The Bertz CT molecular complexity index is 274. The molecule has 0 unspecified atom stereocenters. The third kappa shape index (κ3) is 1.67. The molecule has 2 nitrogen and oxygen atoms in total. The molecule has 0 aromatic carbocycles. The van der Waals surface area contributed by atoms with Gasteiger partial charge in [-0.3, -0.25) is 4.79 Å². The van der Waals surface area contributed by atoms with Crippen molar-refractivity contribution in [2.75, 3.05) is 0 Å². The summed E-state index contributed by atoms with van der Waals surface area (Å²) in [6, 6.07) is 0.260. The van der Waals surface area contributed by atoms with Crippen molar-refractivity contribution in [1.29, 1.82) is 0 Å². The van der Waals surface area contributed by atoms with E-state index in [9.17, 15) is 4.79 Å². The highest BCUT2D eigenvalue weighted by Gasteiger charge is 2.30. The Balaban J connectivity index is 3.04. The van der Waals surface area contributed by atoms with Crippen molar-refractivity contribution in [3.05, 3.63) is 23.4 Å². The molecule has 0 saturated carbocycles. The molecule has 0 spiro atoms. The number of hydrogen-bond donors (Lipinski definition) is 0. The number of allylic oxidation sites excluding steroid dienone is 3. The quantitative estimate of drug-likeness (QED) is 0.605. The first-order valence-electron chi connectivity index (χ1n) is 4.75. The molecule has 1 aliphatic rings. The molecule has 13 heavy (non-hydrogen) atoms. The first kappa shape index (κ1) is 10.0. The lowest BCUT2D eigenvalue weighted by molar-refractivity contribution is -0.127. The average Bonchev–Trinajstić information content (AvgIpc) is 2.41. The lowest BCUT2D eigenvalue weighted by Crippen LogP contribution is -2.30. The zero-order valence-electron chi connectivity index (χ0n) is 8.79. The predicted molar refractivity (Wildman–Crippen MR) is 54.1 cm³/mol. The SMILES string of the molecule is C/C=C1/CC(=O)N(C(C)C)/C1=C/C. The maximum atomic E-state index is 11.6. The van der Waals surface area contributed by atoms with Gasteiger partial charge in [-0.15, -0.1) is 0 Å². The maximum Gasteiger partial charge on any atom is 0.231 e. The molecule has 0 radical (unpaired) electrons. The topological polar surface area (TPSA) is 20.3 Å². The first-order valence-corrected chi connectivity index (χ1v) is 4.75. The molecule has 1 rings (SSSR count). The summed E-state index contributed by atoms with van der Waals surface area (Å²) in [5, 5.41) is 0. The molecule has 72 valence electrons. The molecule has 0 atom stereocenters. The third-order valence-corrected chi connectivity index (χ3v) is 2.34. The van der Waals surface area contributed by atoms with Gasteiger partial charge in [-0.05, 0) is 33.3 Å². The number of carbonyl (C=O) groups excluding carboxylic acids is 1. The van der Waals surface area contributed by atoms with Crippen LogP contribution in [0.25, 0.3) is 0 Å². The van der Waals surface area contributed by atoms with E-state index in [1.54, 1.807) is 0 Å². The molecule has 0 aliphatic carbocycles. The fourth-order valence-corrected chi connectivity index (χ4v) is 1.77. The maximum absolute atomic E-state index is 11.6. The van der Waals surface area contributed by atoms with Crippen LogP contribution in [0.1, 0.15) is 34.1 Å². The Morgan fingerprint density at radius 1 is 1.31 bits per heavy atom. The molecule has 2 heteroatoms. The van der Waals surface area contributed by atoms with E-state index in [4.69, 9.17) is 0 Å². The zero-order valence-corrected chi connectivity index (χ0v) is 8.79. The molecule has 0 aromatic heterocycles. The number of nitrogens with zero attached hydrogens (tertiary/aromatic N) is 1. The summed E-state index contributed by atoms with van der Waals surface area (Å²) >= 11 is 0. The van der Waals surface area contributed by atoms with E-state index in [1.165, 1.54) is 0 Å². The Labute approximate surface area is 79.9 Å². The van der Waals surface area contributed by atoms with Crippen LogP contribution in [0.2, 0.25) is 0 Å². The largest absolute Gasteiger partial charge is 0.310 e. The zero-order chi connectivity index (χ0) is 10.0. The van der Waals surface area contributed by atoms with Crippen LogP contribution in [-0.4, -0.2) is 16.8 Å². The molecule has 1 saturated heterocycles. The van der Waals surface area contributed by atoms with E-state index in [-0.39, 0.29) is 11.9 Å². The standard InChI is InChI=1S/C11H17NO/c1-5-9-7-11(13)12(8(3)4)10(9)6-2/h5-6,8H,7H2,1-4H3/b9-5-,10-6+. The van der Waals surface area contributed by atoms with Gasteiger partial charge in [-0.25, -0.2) is 0 Å². The summed E-state index contributed by atoms with van der Waals surface area (Å²) < 4.78 is 0. The highest BCUT2D eigenvalue weighted by atomic mass is 16.2. The van der Waals surface area contributed by atoms with Crippen LogP contribution >= 0.6 is 0 Å². The van der Waals surface area contributed by atoms with Gasteiger partial charge in [-0.1, -0.05) is 12.2 Å². The summed E-state index contributed by atoms with van der Waals surface area (Å²) in [4.78, 5) is 13.5. The minimum Gasteiger partial charge on any atom is -0.310 e. The third-order valence-electron chi connectivity index (χ3n) is 2.34. The smallest absolute Gasteiger partial charge is 0.231 e. The Kier molecular flexibility index (Phi) is 2.91. The highest BCUT2D eigenvalue weighted by Crippen LogP contribution is 2.29. The van der Waals surface area contributed by atoms with Crippen molar-refractivity contribution < 1.29 is 4.79 Å². The van der Waals surface area contributed by atoms with Gasteiger partial charge in [0.2, 0.25) is 5.91 Å². The van der Waals surface area contributed by atoms with Crippen LogP contribution in [0.5, 0.6) is 0 Å². The van der Waals surface area contributed by atoms with Crippen LogP contribution in [0, 0.1) is 0 Å². The minimum absolute atomic E-state index is 0.219. The molecule has 1 amide bonds. The molecular weight excluding hydrogens is 162 g/mol. The van der Waals surface area contributed by atoms with Crippen molar-refractivity contribution >= 4 is 5.91 Å². The first-order chi connectivity index (χ1) is 6.11. The lowest BCUT2D eigenvalue weighted by Gasteiger charge is -2.22. The highest BCUT2D eigenvalue weighted by molar-refractivity contribution is 5.87. The molecule has 1 aliphatic heterocycles. The van der Waals surface area contributed by atoms with Crippen LogP contribution < -0.4 is 0 Å². The fraction of sp³-hybridized carbons (Fsp3) is 0.545. The summed E-state index contributed by atoms with van der Waals surface area (Å²) in [5.74, 6) is 0.219. The van der Waals surface area contributed by atoms with Gasteiger partial charge in [0.25, 0.3) is 0 Å². The van der Waals surface area contributed by atoms with E-state index in [2.05, 4.69) is 0 Å². The summed E-state index contributed by atoms with van der Waals surface area (Å²) in [7, 11) is 0. The van der Waals surface area contributed by atoms with Gasteiger partial charge >= 0.3 is 0 Å². The molecule has 0 N–H and O–H groups in total. The lowest BCUT2D eigenvalue weighted by atomic mass is 10.1. The molecular formula is C11H17NO. The van der Waals surface area contributed by atoms with Gasteiger partial charge < -0.3 is 4.90 Å². The summed E-state index contributed by atoms with van der Waals surface area (Å²) in [6.07, 6.45) is 4.60. The monoisotopic (exact) mass is 179 g/mol. The number of hydrogen-bond acceptors (Lipinski definition) is 1. The fourth-order valence-electron chi connectivity index (χ4n) is 1.77. The van der Waals surface area contributed by atoms with Crippen molar-refractivity contribution in [3.8, 4) is 0 Å². The van der Waals surface area contributed by atoms with Gasteiger partial charge in [0, 0.05) is 11.7 Å². The van der Waals surface area contributed by atoms with Crippen LogP contribution in [0.15, 0.2) is 23.4 Å². The van der Waals surface area contributed by atoms with Gasteiger partial charge in [0.1, 0.15) is 0 Å². The van der Waals surface area contributed by atoms with Crippen molar-refractivity contribution in [3.63, 3.8) is 0 Å².